The highest BCUT2D eigenvalue weighted by Crippen LogP contribution is 2.47. The van der Waals surface area contributed by atoms with Crippen LogP contribution in [0.5, 0.6) is 0 Å². The number of benzene rings is 2. The lowest BCUT2D eigenvalue weighted by Gasteiger charge is -2.20. The zero-order valence-electron chi connectivity index (χ0n) is 16.6. The van der Waals surface area contributed by atoms with Crippen molar-refractivity contribution in [3.8, 4) is 0 Å². The van der Waals surface area contributed by atoms with Gasteiger partial charge in [-0.2, -0.15) is 0 Å². The highest BCUT2D eigenvalue weighted by molar-refractivity contribution is 6.07. The average molecular weight is 406 g/mol. The molecule has 0 saturated carbocycles. The van der Waals surface area contributed by atoms with Crippen molar-refractivity contribution in [1.29, 1.82) is 0 Å². The van der Waals surface area contributed by atoms with Crippen LogP contribution < -0.4 is 10.6 Å². The predicted molar refractivity (Wildman–Crippen MR) is 118 cm³/mol. The van der Waals surface area contributed by atoms with E-state index < -0.39 is 5.41 Å². The number of hydrogen-bond donors (Lipinski definition) is 2. The normalized spacial score (nSPS) is 18.6. The van der Waals surface area contributed by atoms with Crippen molar-refractivity contribution in [3.63, 3.8) is 0 Å². The van der Waals surface area contributed by atoms with Gasteiger partial charge in [-0.15, -0.1) is 0 Å². The van der Waals surface area contributed by atoms with Crippen LogP contribution in [0.2, 0.25) is 0 Å². The maximum Gasteiger partial charge on any atom is 0.274 e. The van der Waals surface area contributed by atoms with Crippen LogP contribution in [0.25, 0.3) is 10.9 Å². The molecule has 6 nitrogen and oxygen atoms in total. The first-order valence-corrected chi connectivity index (χ1v) is 10.2. The van der Waals surface area contributed by atoms with Crippen molar-refractivity contribution >= 4 is 34.2 Å². The van der Waals surface area contributed by atoms with Crippen LogP contribution in [0.4, 0.5) is 11.5 Å². The van der Waals surface area contributed by atoms with Gasteiger partial charge >= 0.3 is 0 Å². The monoisotopic (exact) mass is 406 g/mol. The summed E-state index contributed by atoms with van der Waals surface area (Å²) in [6.45, 7) is 0. The number of hydrogen-bond acceptors (Lipinski definition) is 4. The minimum Gasteiger partial charge on any atom is -0.321 e. The van der Waals surface area contributed by atoms with Gasteiger partial charge in [0.05, 0.1) is 10.9 Å². The summed E-state index contributed by atoms with van der Waals surface area (Å²) in [6, 6.07) is 20.9. The van der Waals surface area contributed by atoms with E-state index >= 15 is 0 Å². The standard InChI is InChI=1S/C25H18N4O2/c30-23(27-18-5-2-1-3-6-18)20-9-8-15-11-16-13-25(14-17(16)12-21(15)28-20)19-7-4-10-26-22(19)29-24(25)31/h1-12H,13-14H2,(H,27,30)(H,26,29,31). The average Bonchev–Trinajstić information content (AvgIpc) is 3.29. The molecule has 4 aromatic rings. The van der Waals surface area contributed by atoms with Crippen LogP contribution in [0.15, 0.2) is 72.9 Å². The van der Waals surface area contributed by atoms with Gasteiger partial charge in [0.1, 0.15) is 11.5 Å². The first kappa shape index (κ1) is 17.8. The summed E-state index contributed by atoms with van der Waals surface area (Å²) >= 11 is 0. The first-order chi connectivity index (χ1) is 15.1. The number of nitrogens with one attached hydrogen (secondary N) is 2. The Morgan fingerprint density at radius 2 is 1.77 bits per heavy atom. The Morgan fingerprint density at radius 1 is 0.968 bits per heavy atom. The number of para-hydroxylation sites is 1. The van der Waals surface area contributed by atoms with Gasteiger partial charge in [0, 0.05) is 22.8 Å². The zero-order valence-corrected chi connectivity index (χ0v) is 16.6. The summed E-state index contributed by atoms with van der Waals surface area (Å²) in [5.74, 6) is 0.403. The number of carbonyl (C=O) groups excluding carboxylic acids is 2. The van der Waals surface area contributed by atoms with Crippen molar-refractivity contribution in [2.45, 2.75) is 18.3 Å². The Labute approximate surface area is 178 Å². The third-order valence-corrected chi connectivity index (χ3v) is 6.25. The summed E-state index contributed by atoms with van der Waals surface area (Å²) in [5.41, 5.74) is 4.41. The number of nitrogens with zero attached hydrogens (tertiary/aromatic N) is 2. The maximum atomic E-state index is 12.9. The quantitative estimate of drug-likeness (QED) is 0.529. The molecule has 1 atom stereocenters. The van der Waals surface area contributed by atoms with Gasteiger partial charge in [0.15, 0.2) is 0 Å². The van der Waals surface area contributed by atoms with Gasteiger partial charge < -0.3 is 10.6 Å². The third-order valence-electron chi connectivity index (χ3n) is 6.25. The van der Waals surface area contributed by atoms with Crippen LogP contribution in [0.1, 0.15) is 27.2 Å². The largest absolute Gasteiger partial charge is 0.321 e. The molecule has 2 N–H and O–H groups in total. The topological polar surface area (TPSA) is 84.0 Å². The molecule has 0 saturated heterocycles. The summed E-state index contributed by atoms with van der Waals surface area (Å²) in [7, 11) is 0. The lowest BCUT2D eigenvalue weighted by molar-refractivity contribution is -0.120. The fourth-order valence-corrected chi connectivity index (χ4v) is 4.74. The van der Waals surface area contributed by atoms with Crippen LogP contribution >= 0.6 is 0 Å². The molecule has 1 aliphatic carbocycles. The third kappa shape index (κ3) is 2.72. The Bertz CT molecular complexity index is 1380. The van der Waals surface area contributed by atoms with Crippen molar-refractivity contribution in [2.75, 3.05) is 10.6 Å². The highest BCUT2D eigenvalue weighted by atomic mass is 16.2. The van der Waals surface area contributed by atoms with Crippen LogP contribution in [0.3, 0.4) is 0 Å². The van der Waals surface area contributed by atoms with Crippen molar-refractivity contribution in [1.82, 2.24) is 9.97 Å². The van der Waals surface area contributed by atoms with Crippen LogP contribution in [-0.2, 0) is 23.1 Å². The van der Waals surface area contributed by atoms with Gasteiger partial charge in [-0.05, 0) is 60.4 Å². The van der Waals surface area contributed by atoms with E-state index in [0.717, 1.165) is 33.3 Å². The van der Waals surface area contributed by atoms with Gasteiger partial charge in [-0.25, -0.2) is 9.97 Å². The maximum absolute atomic E-state index is 12.9. The molecule has 2 amide bonds. The van der Waals surface area contributed by atoms with Gasteiger partial charge in [0.2, 0.25) is 5.91 Å². The number of carbonyl (C=O) groups is 2. The van der Waals surface area contributed by atoms with Gasteiger partial charge in [-0.1, -0.05) is 30.3 Å². The van der Waals surface area contributed by atoms with E-state index in [4.69, 9.17) is 0 Å². The minimum absolute atomic E-state index is 0.00246. The molecule has 1 spiro atoms. The zero-order chi connectivity index (χ0) is 21.0. The number of amides is 2. The number of fused-ring (bicyclic) bond motifs is 4. The molecule has 31 heavy (non-hydrogen) atoms. The van der Waals surface area contributed by atoms with Crippen molar-refractivity contribution in [2.24, 2.45) is 0 Å². The molecule has 1 aliphatic heterocycles. The second kappa shape index (κ2) is 6.47. The summed E-state index contributed by atoms with van der Waals surface area (Å²) in [6.07, 6.45) is 2.93. The van der Waals surface area contributed by atoms with E-state index in [0.29, 0.717) is 24.4 Å². The molecule has 6 heteroatoms. The van der Waals surface area contributed by atoms with E-state index in [1.165, 1.54) is 0 Å². The Hall–Kier alpha value is -4.06. The van der Waals surface area contributed by atoms with Crippen LogP contribution in [0, 0.1) is 0 Å². The molecule has 2 aliphatic rings. The molecule has 2 aromatic heterocycles. The Morgan fingerprint density at radius 3 is 2.61 bits per heavy atom. The van der Waals surface area contributed by atoms with E-state index in [9.17, 15) is 9.59 Å². The number of rotatable bonds is 2. The van der Waals surface area contributed by atoms with Crippen LogP contribution in [-0.4, -0.2) is 21.8 Å². The second-order valence-electron chi connectivity index (χ2n) is 8.12. The van der Waals surface area contributed by atoms with E-state index in [1.807, 2.05) is 54.6 Å². The number of aromatic nitrogens is 2. The van der Waals surface area contributed by atoms with Gasteiger partial charge in [-0.3, -0.25) is 9.59 Å². The van der Waals surface area contributed by atoms with Gasteiger partial charge in [0.25, 0.3) is 5.91 Å². The second-order valence-corrected chi connectivity index (χ2v) is 8.12. The van der Waals surface area contributed by atoms with E-state index in [1.54, 1.807) is 12.3 Å². The summed E-state index contributed by atoms with van der Waals surface area (Å²) in [4.78, 5) is 34.5. The van der Waals surface area contributed by atoms with E-state index in [-0.39, 0.29) is 11.8 Å². The molecular formula is C25H18N4O2. The molecule has 0 fully saturated rings. The van der Waals surface area contributed by atoms with Crippen molar-refractivity contribution in [3.05, 3.63) is 95.3 Å². The first-order valence-electron chi connectivity index (χ1n) is 10.2. The molecule has 150 valence electrons. The molecule has 6 rings (SSSR count). The SMILES string of the molecule is O=C(Nc1ccccc1)c1ccc2cc3c(cc2n1)CC1(C3)C(=O)Nc2ncccc21. The lowest BCUT2D eigenvalue weighted by Crippen LogP contribution is -2.35. The Balaban J connectivity index is 1.36. The number of anilines is 2. The van der Waals surface area contributed by atoms with Crippen molar-refractivity contribution < 1.29 is 9.59 Å². The number of pyridine rings is 2. The fraction of sp³-hybridized carbons (Fsp3) is 0.120. The molecular weight excluding hydrogens is 388 g/mol. The predicted octanol–water partition coefficient (Wildman–Crippen LogP) is 3.87. The molecule has 0 bridgehead atoms. The molecule has 1 unspecified atom stereocenters. The molecule has 3 heterocycles. The lowest BCUT2D eigenvalue weighted by atomic mass is 9.79. The summed E-state index contributed by atoms with van der Waals surface area (Å²) < 4.78 is 0. The highest BCUT2D eigenvalue weighted by Gasteiger charge is 2.51. The van der Waals surface area contributed by atoms with E-state index in [2.05, 4.69) is 26.7 Å². The summed E-state index contributed by atoms with van der Waals surface area (Å²) in [5, 5.41) is 6.76. The minimum atomic E-state index is -0.614. The smallest absolute Gasteiger partial charge is 0.274 e. The molecule has 2 aromatic carbocycles. The molecule has 0 radical (unpaired) electrons. The fourth-order valence-electron chi connectivity index (χ4n) is 4.74. The Kier molecular flexibility index (Phi) is 3.71.